The van der Waals surface area contributed by atoms with Crippen molar-refractivity contribution in [2.24, 2.45) is 0 Å². The number of nitro benzene ring substituents is 1. The SMILES string of the molecule is CC(=O)OCc1cc2c(cc1[N+](=O)[O-])OCO2. The van der Waals surface area contributed by atoms with Gasteiger partial charge in [-0.05, 0) is 6.07 Å². The van der Waals surface area contributed by atoms with Crippen molar-refractivity contribution in [3.05, 3.63) is 27.8 Å². The second-order valence-electron chi connectivity index (χ2n) is 3.37. The lowest BCUT2D eigenvalue weighted by molar-refractivity contribution is -0.385. The van der Waals surface area contributed by atoms with Gasteiger partial charge in [-0.3, -0.25) is 14.9 Å². The lowest BCUT2D eigenvalue weighted by atomic mass is 10.1. The van der Waals surface area contributed by atoms with Crippen molar-refractivity contribution >= 4 is 11.7 Å². The lowest BCUT2D eigenvalue weighted by Crippen LogP contribution is -2.02. The highest BCUT2D eigenvalue weighted by Gasteiger charge is 2.23. The Morgan fingerprint density at radius 3 is 2.71 bits per heavy atom. The number of fused-ring (bicyclic) bond motifs is 1. The number of esters is 1. The molecule has 7 heteroatoms. The third kappa shape index (κ3) is 2.27. The molecule has 0 saturated carbocycles. The van der Waals surface area contributed by atoms with Crippen LogP contribution < -0.4 is 9.47 Å². The molecule has 0 radical (unpaired) electrons. The Bertz CT molecular complexity index is 484. The van der Waals surface area contributed by atoms with Crippen LogP contribution in [0, 0.1) is 10.1 Å². The van der Waals surface area contributed by atoms with Crippen LogP contribution in [0.3, 0.4) is 0 Å². The van der Waals surface area contributed by atoms with Crippen molar-refractivity contribution < 1.29 is 23.9 Å². The number of nitrogens with zero attached hydrogens (tertiary/aromatic N) is 1. The van der Waals surface area contributed by atoms with Crippen LogP contribution in [-0.2, 0) is 16.1 Å². The van der Waals surface area contributed by atoms with Gasteiger partial charge in [0.1, 0.15) is 6.61 Å². The molecule has 7 nitrogen and oxygen atoms in total. The van der Waals surface area contributed by atoms with E-state index in [4.69, 9.17) is 14.2 Å². The Hall–Kier alpha value is -2.31. The molecule has 1 aliphatic rings. The van der Waals surface area contributed by atoms with Gasteiger partial charge >= 0.3 is 5.97 Å². The summed E-state index contributed by atoms with van der Waals surface area (Å²) >= 11 is 0. The lowest BCUT2D eigenvalue weighted by Gasteiger charge is -2.04. The first kappa shape index (κ1) is 11.2. The number of carbonyl (C=O) groups is 1. The molecule has 1 aromatic carbocycles. The molecule has 0 spiro atoms. The Kier molecular flexibility index (Phi) is 2.82. The number of benzene rings is 1. The summed E-state index contributed by atoms with van der Waals surface area (Å²) in [6.07, 6.45) is 0. The monoisotopic (exact) mass is 239 g/mol. The van der Waals surface area contributed by atoms with Gasteiger partial charge in [-0.15, -0.1) is 0 Å². The van der Waals surface area contributed by atoms with Crippen molar-refractivity contribution in [3.8, 4) is 11.5 Å². The summed E-state index contributed by atoms with van der Waals surface area (Å²) in [6.45, 7) is 1.10. The molecule has 1 aromatic rings. The molecule has 1 heterocycles. The predicted molar refractivity (Wildman–Crippen MR) is 54.7 cm³/mol. The van der Waals surface area contributed by atoms with Crippen LogP contribution >= 0.6 is 0 Å². The summed E-state index contributed by atoms with van der Waals surface area (Å²) in [5.41, 5.74) is 0.116. The van der Waals surface area contributed by atoms with E-state index in [1.807, 2.05) is 0 Å². The van der Waals surface area contributed by atoms with E-state index in [1.54, 1.807) is 0 Å². The van der Waals surface area contributed by atoms with E-state index in [0.717, 1.165) is 0 Å². The molecule has 0 aromatic heterocycles. The number of hydrogen-bond acceptors (Lipinski definition) is 6. The van der Waals surface area contributed by atoms with Gasteiger partial charge in [-0.1, -0.05) is 0 Å². The van der Waals surface area contributed by atoms with Gasteiger partial charge in [0.15, 0.2) is 11.5 Å². The minimum absolute atomic E-state index is 0.0313. The fourth-order valence-electron chi connectivity index (χ4n) is 1.44. The largest absolute Gasteiger partial charge is 0.461 e. The molecule has 2 rings (SSSR count). The molecule has 0 saturated heterocycles. The van der Waals surface area contributed by atoms with Crippen molar-refractivity contribution in [1.29, 1.82) is 0 Å². The zero-order chi connectivity index (χ0) is 12.4. The maximum absolute atomic E-state index is 10.8. The Morgan fingerprint density at radius 1 is 1.47 bits per heavy atom. The van der Waals surface area contributed by atoms with E-state index in [-0.39, 0.29) is 24.7 Å². The van der Waals surface area contributed by atoms with Gasteiger partial charge in [0.05, 0.1) is 16.6 Å². The molecule has 17 heavy (non-hydrogen) atoms. The van der Waals surface area contributed by atoms with Crippen molar-refractivity contribution in [2.45, 2.75) is 13.5 Å². The normalized spacial score (nSPS) is 12.3. The molecule has 0 N–H and O–H groups in total. The maximum atomic E-state index is 10.8. The second-order valence-corrected chi connectivity index (χ2v) is 3.37. The van der Waals surface area contributed by atoms with E-state index in [1.165, 1.54) is 19.1 Å². The van der Waals surface area contributed by atoms with E-state index < -0.39 is 10.9 Å². The molecule has 90 valence electrons. The van der Waals surface area contributed by atoms with Crippen LogP contribution in [-0.4, -0.2) is 17.7 Å². The first-order valence-corrected chi connectivity index (χ1v) is 4.78. The zero-order valence-electron chi connectivity index (χ0n) is 8.97. The first-order chi connectivity index (χ1) is 8.08. The fraction of sp³-hybridized carbons (Fsp3) is 0.300. The minimum atomic E-state index is -0.555. The number of hydrogen-bond donors (Lipinski definition) is 0. The molecular weight excluding hydrogens is 230 g/mol. The van der Waals surface area contributed by atoms with Crippen molar-refractivity contribution in [2.75, 3.05) is 6.79 Å². The van der Waals surface area contributed by atoms with Crippen molar-refractivity contribution in [3.63, 3.8) is 0 Å². The molecule has 0 unspecified atom stereocenters. The number of rotatable bonds is 3. The summed E-state index contributed by atoms with van der Waals surface area (Å²) in [6, 6.07) is 2.71. The maximum Gasteiger partial charge on any atom is 0.302 e. The van der Waals surface area contributed by atoms with E-state index in [2.05, 4.69) is 0 Å². The summed E-state index contributed by atoms with van der Waals surface area (Å²) in [7, 11) is 0. The topological polar surface area (TPSA) is 87.9 Å². The van der Waals surface area contributed by atoms with E-state index in [9.17, 15) is 14.9 Å². The summed E-state index contributed by atoms with van der Waals surface area (Å²) in [4.78, 5) is 21.0. The van der Waals surface area contributed by atoms with E-state index in [0.29, 0.717) is 11.5 Å². The summed E-state index contributed by atoms with van der Waals surface area (Å²) in [5.74, 6) is 0.234. The van der Waals surface area contributed by atoms with Gasteiger partial charge in [-0.25, -0.2) is 0 Å². The molecule has 0 amide bonds. The van der Waals surface area contributed by atoms with Gasteiger partial charge in [0.2, 0.25) is 6.79 Å². The Morgan fingerprint density at radius 2 is 2.12 bits per heavy atom. The first-order valence-electron chi connectivity index (χ1n) is 4.78. The Balaban J connectivity index is 2.34. The average Bonchev–Trinajstić information content (AvgIpc) is 2.71. The molecule has 0 aliphatic carbocycles. The second kappa shape index (κ2) is 4.28. The molecule has 0 atom stereocenters. The van der Waals surface area contributed by atoms with Crippen LogP contribution in [0.25, 0.3) is 0 Å². The van der Waals surface area contributed by atoms with Crippen LogP contribution in [0.2, 0.25) is 0 Å². The van der Waals surface area contributed by atoms with Crippen LogP contribution in [0.15, 0.2) is 12.1 Å². The zero-order valence-corrected chi connectivity index (χ0v) is 8.97. The molecule has 0 fully saturated rings. The highest BCUT2D eigenvalue weighted by atomic mass is 16.7. The standard InChI is InChI=1S/C10H9NO6/c1-6(12)15-4-7-2-9-10(17-5-16-9)3-8(7)11(13)14/h2-3H,4-5H2,1H3. The van der Waals surface area contributed by atoms with Gasteiger partial charge in [0.25, 0.3) is 5.69 Å². The number of ether oxygens (including phenoxy) is 3. The van der Waals surface area contributed by atoms with Crippen molar-refractivity contribution in [1.82, 2.24) is 0 Å². The molecular formula is C10H9NO6. The third-order valence-electron chi connectivity index (χ3n) is 2.20. The van der Waals surface area contributed by atoms with Crippen LogP contribution in [0.4, 0.5) is 5.69 Å². The molecule has 0 bridgehead atoms. The van der Waals surface area contributed by atoms with E-state index >= 15 is 0 Å². The average molecular weight is 239 g/mol. The van der Waals surface area contributed by atoms with Gasteiger partial charge < -0.3 is 14.2 Å². The fourth-order valence-corrected chi connectivity index (χ4v) is 1.44. The molecule has 1 aliphatic heterocycles. The number of nitro groups is 1. The summed E-state index contributed by atoms with van der Waals surface area (Å²) in [5, 5.41) is 10.8. The summed E-state index contributed by atoms with van der Waals surface area (Å²) < 4.78 is 14.9. The highest BCUT2D eigenvalue weighted by Crippen LogP contribution is 2.38. The highest BCUT2D eigenvalue weighted by molar-refractivity contribution is 5.66. The Labute approximate surface area is 96.0 Å². The van der Waals surface area contributed by atoms with Crippen LogP contribution in [0.5, 0.6) is 11.5 Å². The van der Waals surface area contributed by atoms with Gasteiger partial charge in [-0.2, -0.15) is 0 Å². The number of carbonyl (C=O) groups excluding carboxylic acids is 1. The quantitative estimate of drug-likeness (QED) is 0.450. The predicted octanol–water partition coefficient (Wildman–Crippen LogP) is 1.39. The smallest absolute Gasteiger partial charge is 0.302 e. The third-order valence-corrected chi connectivity index (χ3v) is 2.20. The van der Waals surface area contributed by atoms with Gasteiger partial charge in [0, 0.05) is 6.92 Å². The minimum Gasteiger partial charge on any atom is -0.461 e. The van der Waals surface area contributed by atoms with Crippen LogP contribution in [0.1, 0.15) is 12.5 Å².